The van der Waals surface area contributed by atoms with E-state index in [-0.39, 0.29) is 18.9 Å². The third-order valence-electron chi connectivity index (χ3n) is 3.56. The first kappa shape index (κ1) is 17.5. The molecule has 0 amide bonds. The first-order valence-electron chi connectivity index (χ1n) is 7.51. The third kappa shape index (κ3) is 4.38. The van der Waals surface area contributed by atoms with Gasteiger partial charge >= 0.3 is 5.97 Å². The van der Waals surface area contributed by atoms with E-state index < -0.39 is 5.97 Å². The van der Waals surface area contributed by atoms with Gasteiger partial charge < -0.3 is 9.26 Å². The summed E-state index contributed by atoms with van der Waals surface area (Å²) in [6.07, 6.45) is 0.0365. The summed E-state index contributed by atoms with van der Waals surface area (Å²) >= 11 is 11.9. The summed E-state index contributed by atoms with van der Waals surface area (Å²) in [5, 5.41) is 4.85. The van der Waals surface area contributed by atoms with Crippen LogP contribution in [-0.4, -0.2) is 16.1 Å². The van der Waals surface area contributed by atoms with Crippen LogP contribution in [-0.2, 0) is 22.6 Å². The number of carbonyl (C=O) groups excluding carboxylic acids is 1. The van der Waals surface area contributed by atoms with Gasteiger partial charge in [-0.3, -0.25) is 4.79 Å². The number of hydrogen-bond donors (Lipinski definition) is 0. The molecule has 5 nitrogen and oxygen atoms in total. The highest BCUT2D eigenvalue weighted by atomic mass is 35.5. The molecule has 0 aliphatic carbocycles. The van der Waals surface area contributed by atoms with Crippen molar-refractivity contribution in [3.05, 3.63) is 69.5 Å². The maximum Gasteiger partial charge on any atom is 0.310 e. The predicted octanol–water partition coefficient (Wildman–Crippen LogP) is 4.64. The standard InChI is InChI=1S/C18H14Cl2N2O3/c1-11-4-2-3-5-14(11)18-21-16(25-22-18)10-24-17(23)8-12-6-7-13(19)9-15(12)20/h2-7,9H,8,10H2,1H3. The van der Waals surface area contributed by atoms with Crippen molar-refractivity contribution in [3.63, 3.8) is 0 Å². The number of carbonyl (C=O) groups is 1. The number of aryl methyl sites for hydroxylation is 1. The number of hydrogen-bond acceptors (Lipinski definition) is 5. The van der Waals surface area contributed by atoms with Crippen molar-refractivity contribution in [2.24, 2.45) is 0 Å². The van der Waals surface area contributed by atoms with Crippen molar-refractivity contribution < 1.29 is 14.1 Å². The van der Waals surface area contributed by atoms with E-state index in [0.717, 1.165) is 11.1 Å². The normalized spacial score (nSPS) is 10.7. The van der Waals surface area contributed by atoms with Crippen LogP contribution in [0.4, 0.5) is 0 Å². The second-order valence-electron chi connectivity index (χ2n) is 5.40. The van der Waals surface area contributed by atoms with Crippen LogP contribution in [0.15, 0.2) is 47.0 Å². The molecule has 7 heteroatoms. The quantitative estimate of drug-likeness (QED) is 0.606. The van der Waals surface area contributed by atoms with Crippen molar-refractivity contribution in [3.8, 4) is 11.4 Å². The lowest BCUT2D eigenvalue weighted by Gasteiger charge is -2.04. The fourth-order valence-corrected chi connectivity index (χ4v) is 2.74. The average molecular weight is 377 g/mol. The van der Waals surface area contributed by atoms with E-state index >= 15 is 0 Å². The summed E-state index contributed by atoms with van der Waals surface area (Å²) in [5.74, 6) is 0.249. The average Bonchev–Trinajstić information content (AvgIpc) is 3.05. The van der Waals surface area contributed by atoms with Gasteiger partial charge in [0.2, 0.25) is 5.82 Å². The summed E-state index contributed by atoms with van der Waals surface area (Å²) in [6, 6.07) is 12.6. The molecule has 0 radical (unpaired) electrons. The number of aromatic nitrogens is 2. The minimum Gasteiger partial charge on any atom is -0.455 e. The van der Waals surface area contributed by atoms with E-state index in [4.69, 9.17) is 32.5 Å². The van der Waals surface area contributed by atoms with Crippen LogP contribution in [0.1, 0.15) is 17.0 Å². The Labute approximate surface area is 154 Å². The van der Waals surface area contributed by atoms with Crippen molar-refractivity contribution >= 4 is 29.2 Å². The van der Waals surface area contributed by atoms with E-state index in [0.29, 0.717) is 21.4 Å². The summed E-state index contributed by atoms with van der Waals surface area (Å²) in [5.41, 5.74) is 2.54. The van der Waals surface area contributed by atoms with Crippen LogP contribution in [0.3, 0.4) is 0 Å². The molecule has 1 aromatic heterocycles. The molecular weight excluding hydrogens is 363 g/mol. The van der Waals surface area contributed by atoms with Gasteiger partial charge in [0, 0.05) is 15.6 Å². The SMILES string of the molecule is Cc1ccccc1-c1noc(COC(=O)Cc2ccc(Cl)cc2Cl)n1. The topological polar surface area (TPSA) is 65.2 Å². The molecule has 0 saturated carbocycles. The molecule has 0 saturated heterocycles. The summed E-state index contributed by atoms with van der Waals surface area (Å²) in [6.45, 7) is 1.87. The van der Waals surface area contributed by atoms with Crippen molar-refractivity contribution in [1.82, 2.24) is 10.1 Å². The monoisotopic (exact) mass is 376 g/mol. The molecule has 0 fully saturated rings. The molecule has 0 spiro atoms. The smallest absolute Gasteiger partial charge is 0.310 e. The van der Waals surface area contributed by atoms with Gasteiger partial charge in [-0.15, -0.1) is 0 Å². The van der Waals surface area contributed by atoms with Gasteiger partial charge in [-0.05, 0) is 30.2 Å². The van der Waals surface area contributed by atoms with Crippen LogP contribution >= 0.6 is 23.2 Å². The highest BCUT2D eigenvalue weighted by Gasteiger charge is 2.14. The summed E-state index contributed by atoms with van der Waals surface area (Å²) in [4.78, 5) is 16.2. The number of halogens is 2. The number of ether oxygens (including phenoxy) is 1. The fourth-order valence-electron chi connectivity index (χ4n) is 2.26. The Morgan fingerprint density at radius 1 is 1.20 bits per heavy atom. The molecule has 0 unspecified atom stereocenters. The van der Waals surface area contributed by atoms with Crippen LogP contribution in [0.5, 0.6) is 0 Å². The van der Waals surface area contributed by atoms with E-state index in [1.54, 1.807) is 18.2 Å². The van der Waals surface area contributed by atoms with Crippen LogP contribution in [0.25, 0.3) is 11.4 Å². The van der Waals surface area contributed by atoms with Crippen molar-refractivity contribution in [2.75, 3.05) is 0 Å². The van der Waals surface area contributed by atoms with E-state index in [2.05, 4.69) is 10.1 Å². The zero-order valence-corrected chi connectivity index (χ0v) is 14.8. The summed E-state index contributed by atoms with van der Waals surface area (Å²) < 4.78 is 10.3. The Morgan fingerprint density at radius 3 is 2.76 bits per heavy atom. The Kier molecular flexibility index (Phi) is 5.36. The molecule has 0 atom stereocenters. The largest absolute Gasteiger partial charge is 0.455 e. The van der Waals surface area contributed by atoms with Gasteiger partial charge in [0.25, 0.3) is 5.89 Å². The van der Waals surface area contributed by atoms with Gasteiger partial charge in [-0.2, -0.15) is 4.98 Å². The highest BCUT2D eigenvalue weighted by Crippen LogP contribution is 2.22. The van der Waals surface area contributed by atoms with Gasteiger partial charge in [-0.1, -0.05) is 58.7 Å². The maximum atomic E-state index is 12.0. The molecule has 1 heterocycles. The molecule has 3 rings (SSSR count). The van der Waals surface area contributed by atoms with E-state index in [1.165, 1.54) is 0 Å². The van der Waals surface area contributed by atoms with Crippen molar-refractivity contribution in [1.29, 1.82) is 0 Å². The second-order valence-corrected chi connectivity index (χ2v) is 6.24. The number of nitrogens with zero attached hydrogens (tertiary/aromatic N) is 2. The zero-order valence-electron chi connectivity index (χ0n) is 13.3. The Morgan fingerprint density at radius 2 is 2.00 bits per heavy atom. The molecule has 0 aliphatic rings. The minimum absolute atomic E-state index is 0.0365. The molecule has 0 N–H and O–H groups in total. The maximum absolute atomic E-state index is 12.0. The lowest BCUT2D eigenvalue weighted by Crippen LogP contribution is -2.08. The molecule has 3 aromatic rings. The zero-order chi connectivity index (χ0) is 17.8. The molecule has 128 valence electrons. The van der Waals surface area contributed by atoms with E-state index in [1.807, 2.05) is 31.2 Å². The number of rotatable bonds is 5. The lowest BCUT2D eigenvalue weighted by molar-refractivity contribution is -0.144. The van der Waals surface area contributed by atoms with Gasteiger partial charge in [0.05, 0.1) is 6.42 Å². The molecular formula is C18H14Cl2N2O3. The van der Waals surface area contributed by atoms with Gasteiger partial charge in [-0.25, -0.2) is 0 Å². The number of benzene rings is 2. The van der Waals surface area contributed by atoms with Crippen LogP contribution in [0.2, 0.25) is 10.0 Å². The van der Waals surface area contributed by atoms with E-state index in [9.17, 15) is 4.79 Å². The first-order valence-corrected chi connectivity index (χ1v) is 8.26. The lowest BCUT2D eigenvalue weighted by atomic mass is 10.1. The molecule has 25 heavy (non-hydrogen) atoms. The first-order chi connectivity index (χ1) is 12.0. The van der Waals surface area contributed by atoms with Gasteiger partial charge in [0.15, 0.2) is 6.61 Å². The molecule has 0 aliphatic heterocycles. The fraction of sp³-hybridized carbons (Fsp3) is 0.167. The molecule has 2 aromatic carbocycles. The van der Waals surface area contributed by atoms with Crippen molar-refractivity contribution in [2.45, 2.75) is 20.0 Å². The Balaban J connectivity index is 1.60. The Bertz CT molecular complexity index is 909. The highest BCUT2D eigenvalue weighted by molar-refractivity contribution is 6.35. The van der Waals surface area contributed by atoms with Crippen LogP contribution < -0.4 is 0 Å². The third-order valence-corrected chi connectivity index (χ3v) is 4.15. The number of esters is 1. The van der Waals surface area contributed by atoms with Crippen LogP contribution in [0, 0.1) is 6.92 Å². The van der Waals surface area contributed by atoms with Gasteiger partial charge in [0.1, 0.15) is 0 Å². The summed E-state index contributed by atoms with van der Waals surface area (Å²) in [7, 11) is 0. The molecule has 0 bridgehead atoms. The second kappa shape index (κ2) is 7.68. The Hall–Kier alpha value is -2.37. The minimum atomic E-state index is -0.445. The predicted molar refractivity (Wildman–Crippen MR) is 94.4 cm³/mol.